The van der Waals surface area contributed by atoms with Gasteiger partial charge in [-0.2, -0.15) is 0 Å². The number of carbonyl (C=O) groups is 2. The summed E-state index contributed by atoms with van der Waals surface area (Å²) in [6.45, 7) is 7.04. The van der Waals surface area contributed by atoms with Crippen LogP contribution in [0.15, 0.2) is 48.5 Å². The SMILES string of the molecule is CCN(CC)CCOC(=O)c1ccc(NC(=O)C=Cc2ccc(OC)c(OC)c2)cc1. The van der Waals surface area contributed by atoms with E-state index in [1.54, 1.807) is 56.7 Å². The summed E-state index contributed by atoms with van der Waals surface area (Å²) in [4.78, 5) is 26.5. The van der Waals surface area contributed by atoms with Crippen LogP contribution in [0.4, 0.5) is 5.69 Å². The van der Waals surface area contributed by atoms with E-state index in [1.807, 2.05) is 6.07 Å². The van der Waals surface area contributed by atoms with Gasteiger partial charge in [0.15, 0.2) is 11.5 Å². The first-order valence-electron chi connectivity index (χ1n) is 10.2. The topological polar surface area (TPSA) is 77.1 Å². The first-order valence-corrected chi connectivity index (χ1v) is 10.2. The van der Waals surface area contributed by atoms with Gasteiger partial charge in [-0.15, -0.1) is 0 Å². The van der Waals surface area contributed by atoms with Crippen LogP contribution in [0.3, 0.4) is 0 Å². The van der Waals surface area contributed by atoms with E-state index in [-0.39, 0.29) is 11.9 Å². The van der Waals surface area contributed by atoms with Crippen LogP contribution in [-0.4, -0.2) is 57.2 Å². The molecule has 1 amide bonds. The third-order valence-electron chi connectivity index (χ3n) is 4.76. The third kappa shape index (κ3) is 7.46. The van der Waals surface area contributed by atoms with E-state index in [2.05, 4.69) is 24.1 Å². The number of amides is 1. The van der Waals surface area contributed by atoms with Crippen molar-refractivity contribution in [2.24, 2.45) is 0 Å². The van der Waals surface area contributed by atoms with Crippen molar-refractivity contribution in [3.63, 3.8) is 0 Å². The van der Waals surface area contributed by atoms with Gasteiger partial charge in [-0.25, -0.2) is 4.79 Å². The summed E-state index contributed by atoms with van der Waals surface area (Å²) in [6.07, 6.45) is 3.11. The molecule has 1 N–H and O–H groups in total. The van der Waals surface area contributed by atoms with Gasteiger partial charge in [-0.1, -0.05) is 19.9 Å². The van der Waals surface area contributed by atoms with Crippen LogP contribution in [-0.2, 0) is 9.53 Å². The zero-order chi connectivity index (χ0) is 22.6. The van der Waals surface area contributed by atoms with Crippen LogP contribution in [0.1, 0.15) is 29.8 Å². The Hall–Kier alpha value is -3.32. The highest BCUT2D eigenvalue weighted by atomic mass is 16.5. The largest absolute Gasteiger partial charge is 0.493 e. The lowest BCUT2D eigenvalue weighted by Gasteiger charge is -2.17. The van der Waals surface area contributed by atoms with Crippen molar-refractivity contribution < 1.29 is 23.8 Å². The molecule has 0 saturated carbocycles. The van der Waals surface area contributed by atoms with Crippen molar-refractivity contribution in [2.75, 3.05) is 45.8 Å². The number of nitrogens with one attached hydrogen (secondary N) is 1. The lowest BCUT2D eigenvalue weighted by Crippen LogP contribution is -2.27. The molecule has 0 saturated heterocycles. The fourth-order valence-corrected chi connectivity index (χ4v) is 2.89. The van der Waals surface area contributed by atoms with Crippen LogP contribution in [0.25, 0.3) is 6.08 Å². The van der Waals surface area contributed by atoms with E-state index in [4.69, 9.17) is 14.2 Å². The van der Waals surface area contributed by atoms with E-state index in [0.29, 0.717) is 35.9 Å². The van der Waals surface area contributed by atoms with Crippen molar-refractivity contribution in [1.29, 1.82) is 0 Å². The lowest BCUT2D eigenvalue weighted by atomic mass is 10.2. The van der Waals surface area contributed by atoms with Crippen molar-refractivity contribution >= 4 is 23.6 Å². The fourth-order valence-electron chi connectivity index (χ4n) is 2.89. The van der Waals surface area contributed by atoms with Crippen LogP contribution in [0.5, 0.6) is 11.5 Å². The number of esters is 1. The average molecular weight is 427 g/mol. The van der Waals surface area contributed by atoms with Crippen molar-refractivity contribution in [3.8, 4) is 11.5 Å². The maximum Gasteiger partial charge on any atom is 0.338 e. The van der Waals surface area contributed by atoms with Gasteiger partial charge in [-0.3, -0.25) is 4.79 Å². The molecule has 2 aromatic carbocycles. The van der Waals surface area contributed by atoms with Crippen molar-refractivity contribution in [2.45, 2.75) is 13.8 Å². The zero-order valence-corrected chi connectivity index (χ0v) is 18.5. The van der Waals surface area contributed by atoms with E-state index < -0.39 is 0 Å². The van der Waals surface area contributed by atoms with Crippen LogP contribution < -0.4 is 14.8 Å². The standard InChI is InChI=1S/C24H30N2O5/c1-5-26(6-2)15-16-31-24(28)19-9-11-20(12-10-19)25-23(27)14-8-18-7-13-21(29-3)22(17-18)30-4/h7-14,17H,5-6,15-16H2,1-4H3,(H,25,27). The van der Waals surface area contributed by atoms with Crippen LogP contribution in [0.2, 0.25) is 0 Å². The van der Waals surface area contributed by atoms with Gasteiger partial charge in [0.1, 0.15) is 6.61 Å². The molecule has 0 unspecified atom stereocenters. The molecule has 0 aliphatic rings. The van der Waals surface area contributed by atoms with Crippen molar-refractivity contribution in [1.82, 2.24) is 4.90 Å². The summed E-state index contributed by atoms with van der Waals surface area (Å²) in [5, 5.41) is 2.76. The average Bonchev–Trinajstić information content (AvgIpc) is 2.80. The molecular formula is C24H30N2O5. The molecule has 0 aliphatic heterocycles. The highest BCUT2D eigenvalue weighted by molar-refractivity contribution is 6.02. The summed E-state index contributed by atoms with van der Waals surface area (Å²) < 4.78 is 15.8. The third-order valence-corrected chi connectivity index (χ3v) is 4.76. The molecule has 0 heterocycles. The number of hydrogen-bond donors (Lipinski definition) is 1. The van der Waals surface area contributed by atoms with Gasteiger partial charge in [0.05, 0.1) is 19.8 Å². The summed E-state index contributed by atoms with van der Waals surface area (Å²) in [5.74, 6) is 0.545. The van der Waals surface area contributed by atoms with Gasteiger partial charge in [-0.05, 0) is 61.1 Å². The fraction of sp³-hybridized carbons (Fsp3) is 0.333. The number of ether oxygens (including phenoxy) is 3. The number of hydrogen-bond acceptors (Lipinski definition) is 6. The number of carbonyl (C=O) groups excluding carboxylic acids is 2. The van der Waals surface area contributed by atoms with Gasteiger partial charge in [0, 0.05) is 18.3 Å². The molecule has 0 atom stereocenters. The first-order chi connectivity index (χ1) is 15.0. The van der Waals surface area contributed by atoms with Gasteiger partial charge >= 0.3 is 5.97 Å². The minimum Gasteiger partial charge on any atom is -0.493 e. The minimum atomic E-state index is -0.376. The molecule has 0 bridgehead atoms. The maximum absolute atomic E-state index is 12.2. The number of rotatable bonds is 11. The number of likely N-dealkylation sites (N-methyl/N-ethyl adjacent to an activating group) is 1. The minimum absolute atomic E-state index is 0.288. The molecule has 7 heteroatoms. The van der Waals surface area contributed by atoms with E-state index in [0.717, 1.165) is 18.7 Å². The highest BCUT2D eigenvalue weighted by Gasteiger charge is 2.09. The summed E-state index contributed by atoms with van der Waals surface area (Å²) in [6, 6.07) is 12.0. The second kappa shape index (κ2) is 12.4. The second-order valence-electron chi connectivity index (χ2n) is 6.68. The highest BCUT2D eigenvalue weighted by Crippen LogP contribution is 2.28. The molecule has 31 heavy (non-hydrogen) atoms. The molecule has 2 aromatic rings. The molecule has 0 spiro atoms. The Balaban J connectivity index is 1.88. The predicted octanol–water partition coefficient (Wildman–Crippen LogP) is 3.85. The van der Waals surface area contributed by atoms with Crippen LogP contribution >= 0.6 is 0 Å². The molecule has 2 rings (SSSR count). The van der Waals surface area contributed by atoms with E-state index in [9.17, 15) is 9.59 Å². The second-order valence-corrected chi connectivity index (χ2v) is 6.68. The number of anilines is 1. The van der Waals surface area contributed by atoms with E-state index in [1.165, 1.54) is 6.08 Å². The molecule has 0 aliphatic carbocycles. The molecular weight excluding hydrogens is 396 g/mol. The Labute approximate surface area is 183 Å². The lowest BCUT2D eigenvalue weighted by molar-refractivity contribution is -0.111. The first kappa shape index (κ1) is 24.0. The molecule has 7 nitrogen and oxygen atoms in total. The number of benzene rings is 2. The van der Waals surface area contributed by atoms with E-state index >= 15 is 0 Å². The Morgan fingerprint density at radius 1 is 0.968 bits per heavy atom. The molecule has 0 radical (unpaired) electrons. The maximum atomic E-state index is 12.2. The normalized spacial score (nSPS) is 10.9. The predicted molar refractivity (Wildman–Crippen MR) is 122 cm³/mol. The summed E-state index contributed by atoms with van der Waals surface area (Å²) >= 11 is 0. The number of nitrogens with zero attached hydrogens (tertiary/aromatic N) is 1. The summed E-state index contributed by atoms with van der Waals surface area (Å²) in [7, 11) is 3.13. The van der Waals surface area contributed by atoms with Gasteiger partial charge < -0.3 is 24.4 Å². The smallest absolute Gasteiger partial charge is 0.338 e. The molecule has 0 aromatic heterocycles. The number of methoxy groups -OCH3 is 2. The zero-order valence-electron chi connectivity index (χ0n) is 18.5. The Morgan fingerprint density at radius 2 is 1.65 bits per heavy atom. The Kier molecular flexibility index (Phi) is 9.58. The molecule has 0 fully saturated rings. The van der Waals surface area contributed by atoms with Gasteiger partial charge in [0.2, 0.25) is 5.91 Å². The Morgan fingerprint density at radius 3 is 2.26 bits per heavy atom. The summed E-state index contributed by atoms with van der Waals surface area (Å²) in [5.41, 5.74) is 1.83. The van der Waals surface area contributed by atoms with Gasteiger partial charge in [0.25, 0.3) is 0 Å². The van der Waals surface area contributed by atoms with Crippen LogP contribution in [0, 0.1) is 0 Å². The quantitative estimate of drug-likeness (QED) is 0.434. The monoisotopic (exact) mass is 426 g/mol. The van der Waals surface area contributed by atoms with Crippen molar-refractivity contribution in [3.05, 3.63) is 59.7 Å². The Bertz CT molecular complexity index is 889. The molecule has 166 valence electrons.